The predicted molar refractivity (Wildman–Crippen MR) is 96.9 cm³/mol. The summed E-state index contributed by atoms with van der Waals surface area (Å²) in [6, 6.07) is 19.3. The van der Waals surface area contributed by atoms with Gasteiger partial charge in [0.05, 0.1) is 12.6 Å². The van der Waals surface area contributed by atoms with Crippen LogP contribution in [-0.2, 0) is 13.1 Å². The molecule has 0 bridgehead atoms. The van der Waals surface area contributed by atoms with Gasteiger partial charge in [0.2, 0.25) is 0 Å². The van der Waals surface area contributed by atoms with E-state index in [1.807, 2.05) is 6.20 Å². The van der Waals surface area contributed by atoms with Crippen LogP contribution in [0.1, 0.15) is 23.0 Å². The van der Waals surface area contributed by atoms with Crippen LogP contribution in [0.5, 0.6) is 0 Å². The van der Waals surface area contributed by atoms with Crippen LogP contribution in [0.2, 0.25) is 0 Å². The van der Waals surface area contributed by atoms with Crippen molar-refractivity contribution in [2.75, 3.05) is 18.9 Å². The van der Waals surface area contributed by atoms with Crippen LogP contribution >= 0.6 is 0 Å². The average Bonchev–Trinajstić information content (AvgIpc) is 2.99. The molecule has 1 atom stereocenters. The Hall–Kier alpha value is -2.59. The van der Waals surface area contributed by atoms with E-state index in [0.29, 0.717) is 0 Å². The van der Waals surface area contributed by atoms with E-state index in [1.165, 1.54) is 16.8 Å². The van der Waals surface area contributed by atoms with Gasteiger partial charge in [0.15, 0.2) is 0 Å². The number of anilines is 1. The van der Waals surface area contributed by atoms with E-state index in [2.05, 4.69) is 87.6 Å². The molecular weight excluding hydrogens is 296 g/mol. The van der Waals surface area contributed by atoms with E-state index in [4.69, 9.17) is 0 Å². The lowest BCUT2D eigenvalue weighted by Gasteiger charge is -2.24. The molecular formula is C20H22N4. The Morgan fingerprint density at radius 1 is 1.12 bits per heavy atom. The fourth-order valence-corrected chi connectivity index (χ4v) is 3.40. The van der Waals surface area contributed by atoms with Crippen molar-refractivity contribution in [3.63, 3.8) is 0 Å². The maximum atomic E-state index is 4.62. The first kappa shape index (κ1) is 15.0. The van der Waals surface area contributed by atoms with Crippen molar-refractivity contribution < 1.29 is 0 Å². The maximum Gasteiger partial charge on any atom is 0.132 e. The van der Waals surface area contributed by atoms with Crippen LogP contribution in [0.4, 0.5) is 5.69 Å². The molecule has 0 amide bonds. The van der Waals surface area contributed by atoms with Crippen molar-refractivity contribution in [3.8, 4) is 0 Å². The summed E-state index contributed by atoms with van der Waals surface area (Å²) in [5.41, 5.74) is 3.85. The maximum absolute atomic E-state index is 4.62. The molecule has 1 aliphatic heterocycles. The number of aromatic nitrogens is 2. The lowest BCUT2D eigenvalue weighted by atomic mass is 10.1. The minimum atomic E-state index is 0.178. The van der Waals surface area contributed by atoms with Gasteiger partial charge in [0, 0.05) is 31.2 Å². The second kappa shape index (κ2) is 6.49. The average molecular weight is 318 g/mol. The highest BCUT2D eigenvalue weighted by Gasteiger charge is 2.23. The number of imidazole rings is 1. The lowest BCUT2D eigenvalue weighted by Crippen LogP contribution is -2.29. The second-order valence-corrected chi connectivity index (χ2v) is 6.45. The zero-order valence-corrected chi connectivity index (χ0v) is 13.9. The molecule has 0 radical (unpaired) electrons. The van der Waals surface area contributed by atoms with Crippen LogP contribution in [0.25, 0.3) is 0 Å². The second-order valence-electron chi connectivity index (χ2n) is 6.45. The minimum absolute atomic E-state index is 0.178. The van der Waals surface area contributed by atoms with Gasteiger partial charge in [-0.25, -0.2) is 4.98 Å². The van der Waals surface area contributed by atoms with Crippen molar-refractivity contribution in [1.82, 2.24) is 14.5 Å². The van der Waals surface area contributed by atoms with Crippen molar-refractivity contribution in [2.24, 2.45) is 0 Å². The molecule has 4 nitrogen and oxygen atoms in total. The molecule has 2 aromatic carbocycles. The first-order chi connectivity index (χ1) is 11.8. The summed E-state index contributed by atoms with van der Waals surface area (Å²) >= 11 is 0. The van der Waals surface area contributed by atoms with Crippen LogP contribution in [-0.4, -0.2) is 28.0 Å². The van der Waals surface area contributed by atoms with Gasteiger partial charge in [-0.05, 0) is 24.2 Å². The fourth-order valence-electron chi connectivity index (χ4n) is 3.40. The molecule has 2 heterocycles. The number of para-hydroxylation sites is 1. The largest absolute Gasteiger partial charge is 0.374 e. The molecule has 4 rings (SSSR count). The zero-order chi connectivity index (χ0) is 16.4. The Morgan fingerprint density at radius 2 is 1.92 bits per heavy atom. The van der Waals surface area contributed by atoms with Gasteiger partial charge in [-0.2, -0.15) is 0 Å². The highest BCUT2D eigenvalue weighted by atomic mass is 15.2. The Bertz CT molecular complexity index is 809. The molecule has 3 aromatic rings. The standard InChI is InChI=1S/C20H22N4/c1-23(13-16-7-3-2-4-8-16)15-19-20-21-11-12-24(20)14-17-9-5-6-10-18(17)22-19/h2-12,19,22H,13-15H2,1H3. The van der Waals surface area contributed by atoms with E-state index in [9.17, 15) is 0 Å². The number of nitrogens with one attached hydrogen (secondary N) is 1. The minimum Gasteiger partial charge on any atom is -0.374 e. The molecule has 1 aromatic heterocycles. The summed E-state index contributed by atoms with van der Waals surface area (Å²) in [5, 5.41) is 3.69. The fraction of sp³-hybridized carbons (Fsp3) is 0.250. The highest BCUT2D eigenvalue weighted by Crippen LogP contribution is 2.28. The molecule has 0 saturated heterocycles. The van der Waals surface area contributed by atoms with E-state index >= 15 is 0 Å². The number of hydrogen-bond acceptors (Lipinski definition) is 3. The molecule has 0 spiro atoms. The SMILES string of the molecule is CN(Cc1ccccc1)CC1Nc2ccccc2Cn2ccnc21. The van der Waals surface area contributed by atoms with Gasteiger partial charge in [-0.3, -0.25) is 4.90 Å². The van der Waals surface area contributed by atoms with Crippen LogP contribution in [0.15, 0.2) is 67.0 Å². The number of benzene rings is 2. The molecule has 4 heteroatoms. The topological polar surface area (TPSA) is 33.1 Å². The molecule has 24 heavy (non-hydrogen) atoms. The number of nitrogens with zero attached hydrogens (tertiary/aromatic N) is 3. The summed E-state index contributed by atoms with van der Waals surface area (Å²) in [5.74, 6) is 1.10. The third-order valence-electron chi connectivity index (χ3n) is 4.54. The number of rotatable bonds is 4. The molecule has 0 saturated carbocycles. The Morgan fingerprint density at radius 3 is 2.79 bits per heavy atom. The number of hydrogen-bond donors (Lipinski definition) is 1. The first-order valence-electron chi connectivity index (χ1n) is 8.37. The molecule has 1 aliphatic rings. The van der Waals surface area contributed by atoms with Gasteiger partial charge in [-0.1, -0.05) is 48.5 Å². The van der Waals surface area contributed by atoms with Crippen LogP contribution in [0, 0.1) is 0 Å². The number of fused-ring (bicyclic) bond motifs is 2. The van der Waals surface area contributed by atoms with Crippen molar-refractivity contribution in [1.29, 1.82) is 0 Å². The number of likely N-dealkylation sites (N-methyl/N-ethyl adjacent to an activating group) is 1. The van der Waals surface area contributed by atoms with Gasteiger partial charge in [-0.15, -0.1) is 0 Å². The molecule has 1 N–H and O–H groups in total. The molecule has 0 aliphatic carbocycles. The predicted octanol–water partition coefficient (Wildman–Crippen LogP) is 3.53. The first-order valence-corrected chi connectivity index (χ1v) is 8.37. The van der Waals surface area contributed by atoms with Gasteiger partial charge >= 0.3 is 0 Å². The molecule has 0 fully saturated rings. The Kier molecular flexibility index (Phi) is 4.05. The van der Waals surface area contributed by atoms with Gasteiger partial charge in [0.1, 0.15) is 5.82 Å². The zero-order valence-electron chi connectivity index (χ0n) is 13.9. The Labute approximate surface area is 142 Å². The van der Waals surface area contributed by atoms with Crippen molar-refractivity contribution in [3.05, 3.63) is 83.9 Å². The monoisotopic (exact) mass is 318 g/mol. The molecule has 1 unspecified atom stereocenters. The van der Waals surface area contributed by atoms with Crippen LogP contribution in [0.3, 0.4) is 0 Å². The van der Waals surface area contributed by atoms with E-state index in [0.717, 1.165) is 25.5 Å². The van der Waals surface area contributed by atoms with Crippen molar-refractivity contribution in [2.45, 2.75) is 19.1 Å². The summed E-state index contributed by atoms with van der Waals surface area (Å²) in [7, 11) is 2.17. The van der Waals surface area contributed by atoms with Gasteiger partial charge in [0.25, 0.3) is 0 Å². The van der Waals surface area contributed by atoms with E-state index < -0.39 is 0 Å². The lowest BCUT2D eigenvalue weighted by molar-refractivity contribution is 0.307. The summed E-state index contributed by atoms with van der Waals surface area (Å²) in [6.07, 6.45) is 3.97. The van der Waals surface area contributed by atoms with Gasteiger partial charge < -0.3 is 9.88 Å². The highest BCUT2D eigenvalue weighted by molar-refractivity contribution is 5.53. The smallest absolute Gasteiger partial charge is 0.132 e. The Balaban J connectivity index is 1.56. The van der Waals surface area contributed by atoms with Crippen molar-refractivity contribution >= 4 is 5.69 Å². The summed E-state index contributed by atoms with van der Waals surface area (Å²) in [4.78, 5) is 6.96. The summed E-state index contributed by atoms with van der Waals surface area (Å²) < 4.78 is 2.25. The third-order valence-corrected chi connectivity index (χ3v) is 4.54. The van der Waals surface area contributed by atoms with Crippen LogP contribution < -0.4 is 5.32 Å². The normalized spacial score (nSPS) is 16.2. The summed E-state index contributed by atoms with van der Waals surface area (Å²) in [6.45, 7) is 2.71. The quantitative estimate of drug-likeness (QED) is 0.799. The van der Waals surface area contributed by atoms with E-state index in [-0.39, 0.29) is 6.04 Å². The molecule has 122 valence electrons. The van der Waals surface area contributed by atoms with E-state index in [1.54, 1.807) is 0 Å². The third kappa shape index (κ3) is 3.05.